The smallest absolute Gasteiger partial charge is 0.0620 e. The second-order valence-corrected chi connectivity index (χ2v) is 19.8. The third kappa shape index (κ3) is 8.05. The summed E-state index contributed by atoms with van der Waals surface area (Å²) in [6.45, 7) is 4.81. The summed E-state index contributed by atoms with van der Waals surface area (Å²) in [7, 11) is 0. The lowest BCUT2D eigenvalue weighted by Crippen LogP contribution is -2.17. The molecule has 4 nitrogen and oxygen atoms in total. The van der Waals surface area contributed by atoms with Crippen LogP contribution in [0.15, 0.2) is 291 Å². The first kappa shape index (κ1) is 45.2. The molecule has 13 rings (SSSR count). The topological polar surface area (TPSA) is 13.0 Å². The first-order valence-corrected chi connectivity index (χ1v) is 25.8. The molecule has 0 fully saturated rings. The number of benzene rings is 12. The minimum atomic E-state index is -0.362. The molecule has 75 heavy (non-hydrogen) atoms. The summed E-state index contributed by atoms with van der Waals surface area (Å²) >= 11 is 0. The molecule has 0 bridgehead atoms. The second kappa shape index (κ2) is 19.1. The lowest BCUT2D eigenvalue weighted by atomic mass is 9.81. The largest absolute Gasteiger partial charge is 0.310 e. The maximum absolute atomic E-state index is 2.54. The van der Waals surface area contributed by atoms with Crippen molar-refractivity contribution in [3.63, 3.8) is 0 Å². The van der Waals surface area contributed by atoms with Gasteiger partial charge in [-0.1, -0.05) is 172 Å². The fourth-order valence-corrected chi connectivity index (χ4v) is 11.5. The monoisotopic (exact) mass is 962 g/mol. The van der Waals surface area contributed by atoms with Crippen molar-refractivity contribution < 1.29 is 0 Å². The summed E-state index contributed by atoms with van der Waals surface area (Å²) < 4.78 is 0. The third-order valence-corrected chi connectivity index (χ3v) is 14.9. The zero-order valence-electron chi connectivity index (χ0n) is 42.0. The van der Waals surface area contributed by atoms with E-state index >= 15 is 0 Å². The van der Waals surface area contributed by atoms with Crippen LogP contribution in [0.4, 0.5) is 68.2 Å². The first-order chi connectivity index (χ1) is 37.0. The van der Waals surface area contributed by atoms with Gasteiger partial charge in [-0.3, -0.25) is 0 Å². The maximum Gasteiger partial charge on any atom is 0.0620 e. The van der Waals surface area contributed by atoms with E-state index in [2.05, 4.69) is 325 Å². The standard InChI is InChI=1S/C71H54N4/c1-71(2)67-48-60(73(53-31-15-5-16-32-53)54-33-17-6-18-34-54)43-45-61(67)63-49-65-66(50-68(63)71)69(74(55-35-19-7-20-36-55)56-37-21-8-22-38-56)62-46-44-59(72(51-27-11-3-12-28-51)52-29-13-4-14-30-52)47-64(62)70(65)75(57-39-23-9-24-40-57)58-41-25-10-26-42-58/h3-50H,1-2H3. The fourth-order valence-electron chi connectivity index (χ4n) is 11.5. The summed E-state index contributed by atoms with van der Waals surface area (Å²) in [6, 6.07) is 106. The molecule has 358 valence electrons. The Hall–Kier alpha value is -9.64. The van der Waals surface area contributed by atoms with E-state index in [4.69, 9.17) is 0 Å². The van der Waals surface area contributed by atoms with E-state index in [1.165, 1.54) is 22.3 Å². The Morgan fingerprint density at radius 2 is 0.493 bits per heavy atom. The molecule has 0 spiro atoms. The van der Waals surface area contributed by atoms with Crippen molar-refractivity contribution in [1.29, 1.82) is 0 Å². The Balaban J connectivity index is 1.17. The van der Waals surface area contributed by atoms with Gasteiger partial charge in [-0.25, -0.2) is 0 Å². The van der Waals surface area contributed by atoms with Crippen LogP contribution in [0.1, 0.15) is 25.0 Å². The minimum Gasteiger partial charge on any atom is -0.310 e. The molecular formula is C71H54N4. The van der Waals surface area contributed by atoms with Crippen molar-refractivity contribution in [1.82, 2.24) is 0 Å². The predicted molar refractivity (Wildman–Crippen MR) is 318 cm³/mol. The average Bonchev–Trinajstić information content (AvgIpc) is 3.70. The molecule has 0 saturated carbocycles. The molecule has 0 heterocycles. The van der Waals surface area contributed by atoms with E-state index in [0.717, 1.165) is 89.8 Å². The number of anilines is 12. The van der Waals surface area contributed by atoms with Gasteiger partial charge in [-0.15, -0.1) is 0 Å². The quantitative estimate of drug-likeness (QED) is 0.0893. The molecule has 0 amide bonds. The highest BCUT2D eigenvalue weighted by molar-refractivity contribution is 6.25. The van der Waals surface area contributed by atoms with Crippen molar-refractivity contribution in [2.45, 2.75) is 19.3 Å². The van der Waals surface area contributed by atoms with E-state index in [-0.39, 0.29) is 5.41 Å². The third-order valence-electron chi connectivity index (χ3n) is 14.9. The lowest BCUT2D eigenvalue weighted by Gasteiger charge is -2.34. The fraction of sp³-hybridized carbons (Fsp3) is 0.0423. The highest BCUT2D eigenvalue weighted by Gasteiger charge is 2.38. The summed E-state index contributed by atoms with van der Waals surface area (Å²) in [6.07, 6.45) is 0. The van der Waals surface area contributed by atoms with Crippen LogP contribution in [0.2, 0.25) is 0 Å². The van der Waals surface area contributed by atoms with Crippen molar-refractivity contribution in [3.05, 3.63) is 302 Å². The van der Waals surface area contributed by atoms with Crippen molar-refractivity contribution in [2.75, 3.05) is 19.6 Å². The van der Waals surface area contributed by atoms with Crippen molar-refractivity contribution >= 4 is 89.8 Å². The van der Waals surface area contributed by atoms with Gasteiger partial charge in [-0.2, -0.15) is 0 Å². The second-order valence-electron chi connectivity index (χ2n) is 19.8. The van der Waals surface area contributed by atoms with Crippen molar-refractivity contribution in [3.8, 4) is 11.1 Å². The van der Waals surface area contributed by atoms with Gasteiger partial charge in [0, 0.05) is 83.8 Å². The maximum atomic E-state index is 2.54. The first-order valence-electron chi connectivity index (χ1n) is 25.8. The number of hydrogen-bond donors (Lipinski definition) is 0. The highest BCUT2D eigenvalue weighted by atomic mass is 15.2. The summed E-state index contributed by atoms with van der Waals surface area (Å²) in [5, 5.41) is 4.55. The van der Waals surface area contributed by atoms with Gasteiger partial charge in [0.15, 0.2) is 0 Å². The van der Waals surface area contributed by atoms with Crippen LogP contribution < -0.4 is 19.6 Å². The zero-order valence-corrected chi connectivity index (χ0v) is 42.0. The number of hydrogen-bond acceptors (Lipinski definition) is 4. The van der Waals surface area contributed by atoms with E-state index in [0.29, 0.717) is 0 Å². The molecule has 0 aliphatic heterocycles. The minimum absolute atomic E-state index is 0.362. The number of fused-ring (bicyclic) bond motifs is 5. The number of para-hydroxylation sites is 8. The molecule has 12 aromatic rings. The summed E-state index contributed by atoms with van der Waals surface area (Å²) in [5.41, 5.74) is 17.8. The van der Waals surface area contributed by atoms with Crippen molar-refractivity contribution in [2.24, 2.45) is 0 Å². The molecule has 0 saturated heterocycles. The Labute approximate surface area is 439 Å². The van der Waals surface area contributed by atoms with Crippen LogP contribution in [0.5, 0.6) is 0 Å². The van der Waals surface area contributed by atoms with Crippen LogP contribution in [-0.2, 0) is 5.41 Å². The molecule has 0 radical (unpaired) electrons. The molecular weight excluding hydrogens is 909 g/mol. The van der Waals surface area contributed by atoms with Crippen LogP contribution in [0, 0.1) is 0 Å². The predicted octanol–water partition coefficient (Wildman–Crippen LogP) is 20.2. The zero-order chi connectivity index (χ0) is 50.3. The summed E-state index contributed by atoms with van der Waals surface area (Å²) in [5.74, 6) is 0. The Morgan fingerprint density at radius 1 is 0.213 bits per heavy atom. The molecule has 4 heteroatoms. The molecule has 1 aliphatic carbocycles. The van der Waals surface area contributed by atoms with E-state index in [1.807, 2.05) is 0 Å². The molecule has 1 aliphatic rings. The lowest BCUT2D eigenvalue weighted by molar-refractivity contribution is 0.661. The van der Waals surface area contributed by atoms with E-state index in [1.54, 1.807) is 0 Å². The summed E-state index contributed by atoms with van der Waals surface area (Å²) in [4.78, 5) is 9.71. The van der Waals surface area contributed by atoms with Gasteiger partial charge in [0.1, 0.15) is 0 Å². The number of rotatable bonds is 12. The molecule has 0 atom stereocenters. The SMILES string of the molecule is CC1(C)c2cc(N(c3ccccc3)c3ccccc3)ccc2-c2cc3c(N(c4ccccc4)c4ccccc4)c4cc(N(c5ccccc5)c5ccccc5)ccc4c(N(c4ccccc4)c4ccccc4)c3cc21. The highest BCUT2D eigenvalue weighted by Crippen LogP contribution is 2.57. The van der Waals surface area contributed by atoms with Crippen LogP contribution >= 0.6 is 0 Å². The van der Waals surface area contributed by atoms with Gasteiger partial charge >= 0.3 is 0 Å². The molecule has 0 unspecified atom stereocenters. The number of nitrogens with zero attached hydrogens (tertiary/aromatic N) is 4. The van der Waals surface area contributed by atoms with Crippen LogP contribution in [0.25, 0.3) is 32.7 Å². The van der Waals surface area contributed by atoms with E-state index in [9.17, 15) is 0 Å². The molecule has 0 N–H and O–H groups in total. The van der Waals surface area contributed by atoms with Gasteiger partial charge < -0.3 is 19.6 Å². The van der Waals surface area contributed by atoms with Gasteiger partial charge in [0.2, 0.25) is 0 Å². The normalized spacial score (nSPS) is 12.2. The van der Waals surface area contributed by atoms with Gasteiger partial charge in [0.05, 0.1) is 11.4 Å². The Bertz CT molecular complexity index is 3790. The van der Waals surface area contributed by atoms with Crippen LogP contribution in [-0.4, -0.2) is 0 Å². The van der Waals surface area contributed by atoms with Gasteiger partial charge in [-0.05, 0) is 156 Å². The molecule has 0 aromatic heterocycles. The average molecular weight is 963 g/mol. The van der Waals surface area contributed by atoms with E-state index < -0.39 is 0 Å². The van der Waals surface area contributed by atoms with Gasteiger partial charge in [0.25, 0.3) is 0 Å². The Morgan fingerprint density at radius 3 is 0.867 bits per heavy atom. The molecule has 12 aromatic carbocycles. The van der Waals surface area contributed by atoms with Crippen LogP contribution in [0.3, 0.4) is 0 Å². The Kier molecular flexibility index (Phi) is 11.5.